The zero-order valence-electron chi connectivity index (χ0n) is 16.9. The van der Waals surface area contributed by atoms with Crippen molar-refractivity contribution in [3.63, 3.8) is 0 Å². The summed E-state index contributed by atoms with van der Waals surface area (Å²) in [5, 5.41) is 2.93. The van der Waals surface area contributed by atoms with Crippen LogP contribution < -0.4 is 14.8 Å². The van der Waals surface area contributed by atoms with Gasteiger partial charge in [0.2, 0.25) is 5.91 Å². The van der Waals surface area contributed by atoms with Gasteiger partial charge < -0.3 is 14.8 Å². The quantitative estimate of drug-likeness (QED) is 0.499. The lowest BCUT2D eigenvalue weighted by Gasteiger charge is -2.22. The normalized spacial score (nSPS) is 13.7. The van der Waals surface area contributed by atoms with Gasteiger partial charge in [0.25, 0.3) is 0 Å². The molecule has 31 heavy (non-hydrogen) atoms. The minimum absolute atomic E-state index is 0.00119. The molecular formula is C21H22F2N4O3S. The molecule has 1 fully saturated rings. The van der Waals surface area contributed by atoms with Crippen LogP contribution in [0.4, 0.5) is 14.5 Å². The Bertz CT molecular complexity index is 1060. The number of halogens is 2. The Balaban J connectivity index is 1.45. The molecule has 1 N–H and O–H groups in total. The number of rotatable bonds is 10. The first-order valence-electron chi connectivity index (χ1n) is 9.99. The molecule has 0 aliphatic heterocycles. The molecule has 1 aliphatic rings. The largest absolute Gasteiger partial charge is 0.490 e. The van der Waals surface area contributed by atoms with Crippen LogP contribution in [0.5, 0.6) is 11.5 Å². The molecule has 3 aromatic rings. The highest BCUT2D eigenvalue weighted by Gasteiger charge is 2.30. The molecule has 10 heteroatoms. The Labute approximate surface area is 182 Å². The Morgan fingerprint density at radius 2 is 2.10 bits per heavy atom. The van der Waals surface area contributed by atoms with Gasteiger partial charge in [-0.3, -0.25) is 9.69 Å². The number of benzene rings is 2. The van der Waals surface area contributed by atoms with E-state index in [1.54, 1.807) is 25.1 Å². The van der Waals surface area contributed by atoms with Gasteiger partial charge in [-0.25, -0.2) is 0 Å². The average Bonchev–Trinajstić information content (AvgIpc) is 3.46. The van der Waals surface area contributed by atoms with Crippen LogP contribution >= 0.6 is 11.7 Å². The summed E-state index contributed by atoms with van der Waals surface area (Å²) >= 11 is 1.10. The Hall–Kier alpha value is -2.85. The highest BCUT2D eigenvalue weighted by Crippen LogP contribution is 2.33. The Morgan fingerprint density at radius 1 is 1.26 bits per heavy atom. The van der Waals surface area contributed by atoms with Crippen molar-refractivity contribution in [1.82, 2.24) is 13.6 Å². The number of nitrogens with zero attached hydrogens (tertiary/aromatic N) is 3. The van der Waals surface area contributed by atoms with Gasteiger partial charge in [-0.05, 0) is 49.6 Å². The smallest absolute Gasteiger partial charge is 0.387 e. The standard InChI is InChI=1S/C21H22F2N4O3S/c1-2-29-18-10-13(6-9-17(18)30-21(22)23)11-27(14-7-8-14)12-19(28)24-15-4-3-5-16-20(15)26-31-25-16/h3-6,9-10,14,21H,2,7-8,11-12H2,1H3,(H,24,28). The lowest BCUT2D eigenvalue weighted by molar-refractivity contribution is -0.117. The SMILES string of the molecule is CCOc1cc(CN(CC(=O)Nc2cccc3nsnc23)C2CC2)ccc1OC(F)F. The highest BCUT2D eigenvalue weighted by atomic mass is 32.1. The van der Waals surface area contributed by atoms with E-state index in [0.717, 1.165) is 35.6 Å². The molecule has 7 nitrogen and oxygen atoms in total. The van der Waals surface area contributed by atoms with Crippen LogP contribution in [0.2, 0.25) is 0 Å². The molecule has 164 valence electrons. The molecule has 0 atom stereocenters. The summed E-state index contributed by atoms with van der Waals surface area (Å²) < 4.78 is 43.7. The van der Waals surface area contributed by atoms with E-state index in [9.17, 15) is 13.6 Å². The first-order chi connectivity index (χ1) is 15.0. The van der Waals surface area contributed by atoms with E-state index in [0.29, 0.717) is 30.4 Å². The number of amides is 1. The van der Waals surface area contributed by atoms with Crippen LogP contribution in [0.25, 0.3) is 11.0 Å². The van der Waals surface area contributed by atoms with E-state index in [4.69, 9.17) is 4.74 Å². The van der Waals surface area contributed by atoms with Gasteiger partial charge in [0, 0.05) is 12.6 Å². The topological polar surface area (TPSA) is 76.6 Å². The van der Waals surface area contributed by atoms with Crippen LogP contribution in [0.1, 0.15) is 25.3 Å². The third-order valence-electron chi connectivity index (χ3n) is 4.88. The van der Waals surface area contributed by atoms with Gasteiger partial charge in [0.05, 0.1) is 30.6 Å². The second kappa shape index (κ2) is 9.52. The molecule has 0 radical (unpaired) electrons. The number of alkyl halides is 2. The van der Waals surface area contributed by atoms with Gasteiger partial charge in [0.1, 0.15) is 11.0 Å². The lowest BCUT2D eigenvalue weighted by Crippen LogP contribution is -2.34. The van der Waals surface area contributed by atoms with Crippen LogP contribution in [0.15, 0.2) is 36.4 Å². The lowest BCUT2D eigenvalue weighted by atomic mass is 10.2. The molecule has 4 rings (SSSR count). The molecule has 0 bridgehead atoms. The van der Waals surface area contributed by atoms with Gasteiger partial charge in [-0.15, -0.1) is 0 Å². The fourth-order valence-electron chi connectivity index (χ4n) is 3.38. The van der Waals surface area contributed by atoms with Gasteiger partial charge >= 0.3 is 6.61 Å². The number of anilines is 1. The summed E-state index contributed by atoms with van der Waals surface area (Å²) in [7, 11) is 0. The zero-order valence-corrected chi connectivity index (χ0v) is 17.7. The van der Waals surface area contributed by atoms with Gasteiger partial charge in [-0.1, -0.05) is 12.1 Å². The molecule has 1 saturated carbocycles. The summed E-state index contributed by atoms with van der Waals surface area (Å²) in [4.78, 5) is 14.8. The summed E-state index contributed by atoms with van der Waals surface area (Å²) in [5.41, 5.74) is 2.92. The van der Waals surface area contributed by atoms with E-state index in [-0.39, 0.29) is 24.0 Å². The van der Waals surface area contributed by atoms with E-state index in [2.05, 4.69) is 23.7 Å². The molecule has 1 heterocycles. The number of hydrogen-bond acceptors (Lipinski definition) is 7. The Morgan fingerprint density at radius 3 is 2.84 bits per heavy atom. The minimum Gasteiger partial charge on any atom is -0.490 e. The third kappa shape index (κ3) is 5.45. The predicted octanol–water partition coefficient (Wildman–Crippen LogP) is 4.29. The summed E-state index contributed by atoms with van der Waals surface area (Å²) in [5.74, 6) is 0.125. The minimum atomic E-state index is -2.92. The van der Waals surface area contributed by atoms with Crippen LogP contribution in [0.3, 0.4) is 0 Å². The maximum atomic E-state index is 12.7. The predicted molar refractivity (Wildman–Crippen MR) is 114 cm³/mol. The van der Waals surface area contributed by atoms with Crippen molar-refractivity contribution in [3.8, 4) is 11.5 Å². The molecule has 1 aliphatic carbocycles. The van der Waals surface area contributed by atoms with Gasteiger partial charge in [-0.2, -0.15) is 17.5 Å². The van der Waals surface area contributed by atoms with Crippen molar-refractivity contribution in [3.05, 3.63) is 42.0 Å². The number of carbonyl (C=O) groups excluding carboxylic acids is 1. The molecular weight excluding hydrogens is 426 g/mol. The maximum Gasteiger partial charge on any atom is 0.387 e. The first kappa shape index (κ1) is 21.4. The fraction of sp³-hybridized carbons (Fsp3) is 0.381. The molecule has 0 spiro atoms. The van der Waals surface area contributed by atoms with Crippen molar-refractivity contribution < 1.29 is 23.0 Å². The first-order valence-corrected chi connectivity index (χ1v) is 10.7. The summed E-state index contributed by atoms with van der Waals surface area (Å²) in [6.07, 6.45) is 2.04. The van der Waals surface area contributed by atoms with E-state index >= 15 is 0 Å². The third-order valence-corrected chi connectivity index (χ3v) is 5.42. The van der Waals surface area contributed by atoms with Crippen molar-refractivity contribution in [2.24, 2.45) is 0 Å². The number of nitrogens with one attached hydrogen (secondary N) is 1. The number of aromatic nitrogens is 2. The van der Waals surface area contributed by atoms with E-state index in [1.807, 2.05) is 12.1 Å². The number of carbonyl (C=O) groups is 1. The second-order valence-corrected chi connectivity index (χ2v) is 7.74. The molecule has 0 unspecified atom stereocenters. The summed E-state index contributed by atoms with van der Waals surface area (Å²) in [6, 6.07) is 10.7. The van der Waals surface area contributed by atoms with Crippen LogP contribution in [0, 0.1) is 0 Å². The monoisotopic (exact) mass is 448 g/mol. The number of ether oxygens (including phenoxy) is 2. The Kier molecular flexibility index (Phi) is 6.57. The van der Waals surface area contributed by atoms with Crippen molar-refractivity contribution in [2.75, 3.05) is 18.5 Å². The summed E-state index contributed by atoms with van der Waals surface area (Å²) in [6.45, 7) is -0.116. The van der Waals surface area contributed by atoms with E-state index in [1.165, 1.54) is 6.07 Å². The molecule has 2 aromatic carbocycles. The van der Waals surface area contributed by atoms with Gasteiger partial charge in [0.15, 0.2) is 11.5 Å². The van der Waals surface area contributed by atoms with Crippen LogP contribution in [-0.2, 0) is 11.3 Å². The second-order valence-electron chi connectivity index (χ2n) is 7.21. The highest BCUT2D eigenvalue weighted by molar-refractivity contribution is 7.00. The van der Waals surface area contributed by atoms with Crippen molar-refractivity contribution in [1.29, 1.82) is 0 Å². The maximum absolute atomic E-state index is 12.7. The molecule has 1 aromatic heterocycles. The number of hydrogen-bond donors (Lipinski definition) is 1. The fourth-order valence-corrected chi connectivity index (χ4v) is 3.93. The average molecular weight is 448 g/mol. The van der Waals surface area contributed by atoms with Crippen molar-refractivity contribution >= 4 is 34.4 Å². The molecule has 1 amide bonds. The van der Waals surface area contributed by atoms with Crippen molar-refractivity contribution in [2.45, 2.75) is 39.0 Å². The molecule has 0 saturated heterocycles. The van der Waals surface area contributed by atoms with E-state index < -0.39 is 6.61 Å². The number of fused-ring (bicyclic) bond motifs is 1. The zero-order chi connectivity index (χ0) is 21.8. The van der Waals surface area contributed by atoms with Crippen LogP contribution in [-0.4, -0.2) is 45.4 Å².